The van der Waals surface area contributed by atoms with Gasteiger partial charge < -0.3 is 9.30 Å². The van der Waals surface area contributed by atoms with Crippen LogP contribution in [0.3, 0.4) is 0 Å². The first kappa shape index (κ1) is 14.9. The van der Waals surface area contributed by atoms with Gasteiger partial charge in [-0.3, -0.25) is 0 Å². The van der Waals surface area contributed by atoms with Crippen molar-refractivity contribution in [2.24, 2.45) is 0 Å². The van der Waals surface area contributed by atoms with Crippen molar-refractivity contribution in [1.29, 1.82) is 0 Å². The Kier molecular flexibility index (Phi) is 4.29. The molecule has 0 amide bonds. The highest BCUT2D eigenvalue weighted by atomic mass is 35.5. The number of hydrogen-bond acceptors (Lipinski definition) is 3. The maximum Gasteiger partial charge on any atom is 0.356 e. The highest BCUT2D eigenvalue weighted by Gasteiger charge is 2.14. The summed E-state index contributed by atoms with van der Waals surface area (Å²) in [5, 5.41) is 2.13. The van der Waals surface area contributed by atoms with E-state index < -0.39 is 0 Å². The van der Waals surface area contributed by atoms with Crippen LogP contribution in [-0.4, -0.2) is 28.0 Å². The molecular formula is C17H17ClN2O2. The molecule has 0 fully saturated rings. The van der Waals surface area contributed by atoms with Crippen molar-refractivity contribution in [3.05, 3.63) is 42.2 Å². The van der Waals surface area contributed by atoms with Gasteiger partial charge in [0.15, 0.2) is 0 Å². The van der Waals surface area contributed by atoms with E-state index in [1.54, 1.807) is 13.1 Å². The average Bonchev–Trinajstić information content (AvgIpc) is 2.86. The minimum atomic E-state index is -0.387. The van der Waals surface area contributed by atoms with E-state index in [9.17, 15) is 4.79 Å². The normalized spacial score (nSPS) is 11.2. The molecule has 1 aromatic carbocycles. The SMILES string of the molecule is CCOC(=O)c1cc2c3ccccc3n(CCCCl)c2cn1. The number of hydrogen-bond donors (Lipinski definition) is 0. The molecule has 0 aliphatic rings. The Bertz CT molecular complexity index is 826. The second-order valence-corrected chi connectivity index (χ2v) is 5.40. The van der Waals surface area contributed by atoms with Crippen LogP contribution in [0.1, 0.15) is 23.8 Å². The molecule has 3 aromatic rings. The van der Waals surface area contributed by atoms with Gasteiger partial charge in [0.2, 0.25) is 0 Å². The van der Waals surface area contributed by atoms with E-state index in [2.05, 4.69) is 21.7 Å². The van der Waals surface area contributed by atoms with E-state index in [4.69, 9.17) is 16.3 Å². The van der Waals surface area contributed by atoms with Crippen molar-refractivity contribution in [3.8, 4) is 0 Å². The molecule has 4 nitrogen and oxygen atoms in total. The molecule has 0 saturated carbocycles. The predicted molar refractivity (Wildman–Crippen MR) is 88.5 cm³/mol. The lowest BCUT2D eigenvalue weighted by Gasteiger charge is -2.06. The maximum atomic E-state index is 11.9. The molecule has 0 N–H and O–H groups in total. The lowest BCUT2D eigenvalue weighted by atomic mass is 10.1. The number of halogens is 1. The number of aryl methyl sites for hydroxylation is 1. The zero-order valence-corrected chi connectivity index (χ0v) is 13.1. The molecule has 2 aromatic heterocycles. The van der Waals surface area contributed by atoms with Crippen molar-refractivity contribution in [3.63, 3.8) is 0 Å². The van der Waals surface area contributed by atoms with Gasteiger partial charge in [0.1, 0.15) is 5.69 Å². The van der Waals surface area contributed by atoms with E-state index in [0.29, 0.717) is 18.2 Å². The summed E-state index contributed by atoms with van der Waals surface area (Å²) in [6, 6.07) is 9.96. The van der Waals surface area contributed by atoms with Crippen molar-refractivity contribution >= 4 is 39.4 Å². The number of esters is 1. The minimum Gasteiger partial charge on any atom is -0.461 e. The zero-order valence-electron chi connectivity index (χ0n) is 12.4. The summed E-state index contributed by atoms with van der Waals surface area (Å²) in [5.41, 5.74) is 2.49. The summed E-state index contributed by atoms with van der Waals surface area (Å²) in [4.78, 5) is 16.2. The van der Waals surface area contributed by atoms with Crippen LogP contribution in [0, 0.1) is 0 Å². The number of benzene rings is 1. The lowest BCUT2D eigenvalue weighted by Crippen LogP contribution is -2.07. The van der Waals surface area contributed by atoms with Crippen molar-refractivity contribution in [2.75, 3.05) is 12.5 Å². The number of rotatable bonds is 5. The van der Waals surface area contributed by atoms with Crippen LogP contribution < -0.4 is 0 Å². The van der Waals surface area contributed by atoms with Crippen molar-refractivity contribution < 1.29 is 9.53 Å². The Hall–Kier alpha value is -2.07. The second-order valence-electron chi connectivity index (χ2n) is 5.02. The predicted octanol–water partition coefficient (Wildman–Crippen LogP) is 4.00. The first-order valence-electron chi connectivity index (χ1n) is 7.36. The third-order valence-corrected chi connectivity index (χ3v) is 3.93. The highest BCUT2D eigenvalue weighted by Crippen LogP contribution is 2.29. The van der Waals surface area contributed by atoms with E-state index in [-0.39, 0.29) is 5.97 Å². The summed E-state index contributed by atoms with van der Waals surface area (Å²) in [6.07, 6.45) is 2.63. The first-order chi connectivity index (χ1) is 10.8. The highest BCUT2D eigenvalue weighted by molar-refractivity contribution is 6.17. The number of pyridine rings is 1. The number of carbonyl (C=O) groups is 1. The summed E-state index contributed by atoms with van der Waals surface area (Å²) >= 11 is 5.83. The largest absolute Gasteiger partial charge is 0.461 e. The fourth-order valence-electron chi connectivity index (χ4n) is 2.72. The maximum absolute atomic E-state index is 11.9. The molecule has 0 spiro atoms. The van der Waals surface area contributed by atoms with E-state index in [1.807, 2.05) is 18.2 Å². The summed E-state index contributed by atoms with van der Waals surface area (Å²) < 4.78 is 7.24. The fourth-order valence-corrected chi connectivity index (χ4v) is 2.84. The minimum absolute atomic E-state index is 0.342. The molecule has 3 rings (SSSR count). The number of ether oxygens (including phenoxy) is 1. The molecule has 5 heteroatoms. The van der Waals surface area contributed by atoms with Gasteiger partial charge in [0.25, 0.3) is 0 Å². The van der Waals surface area contributed by atoms with Crippen LogP contribution >= 0.6 is 11.6 Å². The van der Waals surface area contributed by atoms with Crippen LogP contribution in [0.25, 0.3) is 21.8 Å². The average molecular weight is 317 g/mol. The van der Waals surface area contributed by atoms with Crippen LogP contribution in [-0.2, 0) is 11.3 Å². The smallest absolute Gasteiger partial charge is 0.356 e. The molecule has 0 bridgehead atoms. The van der Waals surface area contributed by atoms with Crippen molar-refractivity contribution in [2.45, 2.75) is 19.9 Å². The third-order valence-electron chi connectivity index (χ3n) is 3.66. The second kappa shape index (κ2) is 6.36. The molecular weight excluding hydrogens is 300 g/mol. The van der Waals surface area contributed by atoms with Crippen LogP contribution in [0.4, 0.5) is 0 Å². The van der Waals surface area contributed by atoms with Gasteiger partial charge in [-0.05, 0) is 25.5 Å². The lowest BCUT2D eigenvalue weighted by molar-refractivity contribution is 0.0520. The van der Waals surface area contributed by atoms with Gasteiger partial charge in [-0.1, -0.05) is 18.2 Å². The molecule has 0 aliphatic heterocycles. The van der Waals surface area contributed by atoms with Gasteiger partial charge in [-0.2, -0.15) is 0 Å². The van der Waals surface area contributed by atoms with Gasteiger partial charge in [0.05, 0.1) is 18.3 Å². The van der Waals surface area contributed by atoms with Crippen molar-refractivity contribution in [1.82, 2.24) is 9.55 Å². The summed E-state index contributed by atoms with van der Waals surface area (Å²) in [6.45, 7) is 2.96. The topological polar surface area (TPSA) is 44.1 Å². The number of carbonyl (C=O) groups excluding carboxylic acids is 1. The number of nitrogens with zero attached hydrogens (tertiary/aromatic N) is 2. The Morgan fingerprint density at radius 2 is 2.09 bits per heavy atom. The number of aromatic nitrogens is 2. The van der Waals surface area contributed by atoms with Crippen LogP contribution in [0.5, 0.6) is 0 Å². The molecule has 0 unspecified atom stereocenters. The molecule has 114 valence electrons. The zero-order chi connectivity index (χ0) is 15.5. The first-order valence-corrected chi connectivity index (χ1v) is 7.89. The van der Waals surface area contributed by atoms with Crippen LogP contribution in [0.15, 0.2) is 36.5 Å². The standard InChI is InChI=1S/C17H17ClN2O2/c1-2-22-17(21)14-10-13-12-6-3-4-7-15(12)20(9-5-8-18)16(13)11-19-14/h3-4,6-7,10-11H,2,5,8-9H2,1H3. The van der Waals surface area contributed by atoms with Gasteiger partial charge >= 0.3 is 5.97 Å². The molecule has 0 atom stereocenters. The van der Waals surface area contributed by atoms with Gasteiger partial charge in [-0.25, -0.2) is 9.78 Å². The van der Waals surface area contributed by atoms with Gasteiger partial charge in [0, 0.05) is 28.7 Å². The molecule has 0 aliphatic carbocycles. The molecule has 22 heavy (non-hydrogen) atoms. The third kappa shape index (κ3) is 2.55. The molecule has 0 saturated heterocycles. The molecule has 0 radical (unpaired) electrons. The van der Waals surface area contributed by atoms with E-state index in [1.165, 1.54) is 0 Å². The molecule has 2 heterocycles. The van der Waals surface area contributed by atoms with E-state index >= 15 is 0 Å². The Morgan fingerprint density at radius 1 is 1.27 bits per heavy atom. The number of para-hydroxylation sites is 1. The quantitative estimate of drug-likeness (QED) is 0.528. The summed E-state index contributed by atoms with van der Waals surface area (Å²) in [5.74, 6) is 0.226. The van der Waals surface area contributed by atoms with Crippen LogP contribution in [0.2, 0.25) is 0 Å². The Balaban J connectivity index is 2.19. The number of alkyl halides is 1. The monoisotopic (exact) mass is 316 g/mol. The number of fused-ring (bicyclic) bond motifs is 3. The van der Waals surface area contributed by atoms with Gasteiger partial charge in [-0.15, -0.1) is 11.6 Å². The summed E-state index contributed by atoms with van der Waals surface area (Å²) in [7, 11) is 0. The Morgan fingerprint density at radius 3 is 2.86 bits per heavy atom. The fraction of sp³-hybridized carbons (Fsp3) is 0.294. The van der Waals surface area contributed by atoms with E-state index in [0.717, 1.165) is 34.8 Å². The Labute approximate surface area is 133 Å².